The predicted molar refractivity (Wildman–Crippen MR) is 42.9 cm³/mol. The van der Waals surface area contributed by atoms with Gasteiger partial charge in [-0.1, -0.05) is 0 Å². The minimum absolute atomic E-state index is 0.0411. The van der Waals surface area contributed by atoms with Gasteiger partial charge in [0.25, 0.3) is 0 Å². The smallest absolute Gasteiger partial charge is 0.330 e. The van der Waals surface area contributed by atoms with Crippen LogP contribution in [0.2, 0.25) is 0 Å². The first kappa shape index (κ1) is 8.38. The number of H-pyrrole nitrogens is 1. The lowest BCUT2D eigenvalue weighted by molar-refractivity contribution is 0.616. The van der Waals surface area contributed by atoms with Crippen LogP contribution in [0.4, 0.5) is 10.2 Å². The molecule has 1 aromatic heterocycles. The van der Waals surface area contributed by atoms with Crippen LogP contribution in [0.15, 0.2) is 16.0 Å². The zero-order chi connectivity index (χ0) is 8.97. The Morgan fingerprint density at radius 2 is 2.58 bits per heavy atom. The predicted octanol–water partition coefficient (Wildman–Crippen LogP) is -0.0210. The van der Waals surface area contributed by atoms with E-state index >= 15 is 0 Å². The van der Waals surface area contributed by atoms with Gasteiger partial charge in [0.05, 0.1) is 12.5 Å². The van der Waals surface area contributed by atoms with E-state index < -0.39 is 11.5 Å². The summed E-state index contributed by atoms with van der Waals surface area (Å²) in [5, 5.41) is 2.44. The van der Waals surface area contributed by atoms with Crippen LogP contribution in [-0.4, -0.2) is 23.4 Å². The van der Waals surface area contributed by atoms with E-state index in [9.17, 15) is 9.18 Å². The van der Waals surface area contributed by atoms with Gasteiger partial charge in [0.2, 0.25) is 0 Å². The number of anilines is 1. The molecule has 1 heterocycles. The molecule has 0 atom stereocenters. The minimum Gasteiger partial charge on any atom is -0.330 e. The number of nitrogens with zero attached hydrogens (tertiary/aromatic N) is 2. The highest BCUT2D eigenvalue weighted by atomic mass is 19.1. The molecule has 0 saturated heterocycles. The Morgan fingerprint density at radius 3 is 3.25 bits per heavy atom. The summed E-state index contributed by atoms with van der Waals surface area (Å²) >= 11 is 0. The van der Waals surface area contributed by atoms with Gasteiger partial charge in [-0.3, -0.25) is 9.98 Å². The topological polar surface area (TPSA) is 70.1 Å². The molecule has 0 amide bonds. The highest BCUT2D eigenvalue weighted by molar-refractivity contribution is 5.73. The zero-order valence-electron chi connectivity index (χ0n) is 6.34. The number of halogens is 1. The Morgan fingerprint density at radius 1 is 1.83 bits per heavy atom. The molecule has 0 bridgehead atoms. The average molecular weight is 170 g/mol. The molecule has 0 radical (unpaired) electrons. The van der Waals surface area contributed by atoms with Gasteiger partial charge in [0, 0.05) is 7.05 Å². The van der Waals surface area contributed by atoms with E-state index in [4.69, 9.17) is 0 Å². The monoisotopic (exact) mass is 170 g/mol. The number of nitrogens with one attached hydrogen (secondary N) is 2. The Kier molecular flexibility index (Phi) is 2.52. The SMILES string of the molecule is CN=CNc1[nH]c(=O)ncc1F. The van der Waals surface area contributed by atoms with Crippen LogP contribution in [-0.2, 0) is 0 Å². The largest absolute Gasteiger partial charge is 0.346 e. The van der Waals surface area contributed by atoms with Gasteiger partial charge in [-0.25, -0.2) is 9.18 Å². The van der Waals surface area contributed by atoms with E-state index in [0.717, 1.165) is 6.20 Å². The van der Waals surface area contributed by atoms with Gasteiger partial charge >= 0.3 is 5.69 Å². The number of hydrogen-bond acceptors (Lipinski definition) is 3. The number of hydrogen-bond donors (Lipinski definition) is 2. The maximum atomic E-state index is 12.7. The van der Waals surface area contributed by atoms with Crippen molar-refractivity contribution in [2.75, 3.05) is 12.4 Å². The van der Waals surface area contributed by atoms with Gasteiger partial charge in [-0.2, -0.15) is 4.98 Å². The summed E-state index contributed by atoms with van der Waals surface area (Å²) in [6.45, 7) is 0. The van der Waals surface area contributed by atoms with Crippen molar-refractivity contribution >= 4 is 12.2 Å². The zero-order valence-corrected chi connectivity index (χ0v) is 6.34. The van der Waals surface area contributed by atoms with Crippen molar-refractivity contribution < 1.29 is 4.39 Å². The Labute approximate surface area is 67.4 Å². The summed E-state index contributed by atoms with van der Waals surface area (Å²) in [6, 6.07) is 0. The first-order chi connectivity index (χ1) is 5.74. The van der Waals surface area contributed by atoms with Crippen LogP contribution in [0.3, 0.4) is 0 Å². The lowest BCUT2D eigenvalue weighted by Gasteiger charge is -1.98. The van der Waals surface area contributed by atoms with Gasteiger partial charge < -0.3 is 5.32 Å². The molecule has 5 nitrogen and oxygen atoms in total. The lowest BCUT2D eigenvalue weighted by atomic mass is 10.5. The van der Waals surface area contributed by atoms with Crippen molar-refractivity contribution in [3.05, 3.63) is 22.5 Å². The van der Waals surface area contributed by atoms with Crippen LogP contribution < -0.4 is 11.0 Å². The maximum Gasteiger partial charge on any atom is 0.346 e. The van der Waals surface area contributed by atoms with Crippen molar-refractivity contribution in [3.8, 4) is 0 Å². The molecule has 6 heteroatoms. The Hall–Kier alpha value is -1.72. The number of aromatic amines is 1. The molecule has 0 aliphatic carbocycles. The molecule has 2 N–H and O–H groups in total. The first-order valence-electron chi connectivity index (χ1n) is 3.16. The molecule has 0 aromatic carbocycles. The number of rotatable bonds is 2. The van der Waals surface area contributed by atoms with E-state index in [1.54, 1.807) is 0 Å². The lowest BCUT2D eigenvalue weighted by Crippen LogP contribution is -2.14. The van der Waals surface area contributed by atoms with Gasteiger partial charge in [0.15, 0.2) is 11.6 Å². The number of aromatic nitrogens is 2. The second-order valence-corrected chi connectivity index (χ2v) is 1.94. The fraction of sp³-hybridized carbons (Fsp3) is 0.167. The fourth-order valence-corrected chi connectivity index (χ4v) is 0.613. The molecular weight excluding hydrogens is 163 g/mol. The minimum atomic E-state index is -0.630. The quantitative estimate of drug-likeness (QED) is 0.484. The van der Waals surface area contributed by atoms with Crippen LogP contribution in [0.1, 0.15) is 0 Å². The molecular formula is C6H7FN4O. The molecule has 1 rings (SSSR count). The van der Waals surface area contributed by atoms with Crippen LogP contribution in [0, 0.1) is 5.82 Å². The summed E-state index contributed by atoms with van der Waals surface area (Å²) in [4.78, 5) is 19.5. The van der Waals surface area contributed by atoms with E-state index in [-0.39, 0.29) is 5.82 Å². The molecule has 0 aliphatic heterocycles. The third-order valence-corrected chi connectivity index (χ3v) is 1.10. The summed E-state index contributed by atoms with van der Waals surface area (Å²) in [6.07, 6.45) is 2.10. The Balaban J connectivity index is 2.97. The van der Waals surface area contributed by atoms with Crippen molar-refractivity contribution in [3.63, 3.8) is 0 Å². The third kappa shape index (κ3) is 1.88. The summed E-state index contributed by atoms with van der Waals surface area (Å²) < 4.78 is 12.7. The van der Waals surface area contributed by atoms with Crippen molar-refractivity contribution in [2.24, 2.45) is 4.99 Å². The molecule has 0 saturated carbocycles. The van der Waals surface area contributed by atoms with Crippen LogP contribution >= 0.6 is 0 Å². The molecule has 64 valence electrons. The van der Waals surface area contributed by atoms with Crippen molar-refractivity contribution in [1.82, 2.24) is 9.97 Å². The molecule has 0 aliphatic rings. The Bertz CT molecular complexity index is 346. The van der Waals surface area contributed by atoms with E-state index in [1.807, 2.05) is 0 Å². The van der Waals surface area contributed by atoms with Gasteiger partial charge in [0.1, 0.15) is 0 Å². The third-order valence-electron chi connectivity index (χ3n) is 1.10. The molecule has 0 fully saturated rings. The highest BCUT2D eigenvalue weighted by Crippen LogP contribution is 2.02. The molecule has 0 spiro atoms. The normalized spacial score (nSPS) is 10.5. The highest BCUT2D eigenvalue weighted by Gasteiger charge is 1.99. The van der Waals surface area contributed by atoms with Crippen LogP contribution in [0.5, 0.6) is 0 Å². The molecule has 1 aromatic rings. The van der Waals surface area contributed by atoms with E-state index in [2.05, 4.69) is 20.3 Å². The second kappa shape index (κ2) is 3.61. The first-order valence-corrected chi connectivity index (χ1v) is 3.16. The van der Waals surface area contributed by atoms with Crippen molar-refractivity contribution in [1.29, 1.82) is 0 Å². The summed E-state index contributed by atoms with van der Waals surface area (Å²) in [7, 11) is 1.52. The fourth-order valence-electron chi connectivity index (χ4n) is 0.613. The average Bonchev–Trinajstić information content (AvgIpc) is 2.07. The molecule has 0 unspecified atom stereocenters. The maximum absolute atomic E-state index is 12.7. The van der Waals surface area contributed by atoms with Crippen molar-refractivity contribution in [2.45, 2.75) is 0 Å². The van der Waals surface area contributed by atoms with Crippen LogP contribution in [0.25, 0.3) is 0 Å². The van der Waals surface area contributed by atoms with Gasteiger partial charge in [-0.05, 0) is 0 Å². The number of aliphatic imine (C=N–C) groups is 1. The standard InChI is InChI=1S/C6H7FN4O/c1-8-3-10-5-4(7)2-9-6(12)11-5/h2-3H,1H3,(H2,8,9,10,11,12). The second-order valence-electron chi connectivity index (χ2n) is 1.94. The summed E-state index contributed by atoms with van der Waals surface area (Å²) in [5.74, 6) is -0.671. The van der Waals surface area contributed by atoms with E-state index in [0.29, 0.717) is 0 Å². The molecule has 12 heavy (non-hydrogen) atoms. The van der Waals surface area contributed by atoms with E-state index in [1.165, 1.54) is 13.4 Å². The summed E-state index contributed by atoms with van der Waals surface area (Å²) in [5.41, 5.74) is -0.608. The van der Waals surface area contributed by atoms with Gasteiger partial charge in [-0.15, -0.1) is 0 Å².